The molecule has 1 aromatic heterocycles. The molecule has 166 valence electrons. The second-order valence-corrected chi connectivity index (χ2v) is 8.24. The van der Waals surface area contributed by atoms with Crippen molar-refractivity contribution in [2.75, 3.05) is 6.26 Å². The second-order valence-electron chi connectivity index (χ2n) is 6.26. The molecule has 0 atom stereocenters. The van der Waals surface area contributed by atoms with Crippen LogP contribution in [0.15, 0.2) is 41.3 Å². The SMILES string of the molecule is CS(=O)(=O)c1cc(F)c(-c2nc(C(F)F)[nH]c2-c2cccc(OC(F)(F)F)c2)cc1F. The Morgan fingerprint density at radius 3 is 2.32 bits per heavy atom. The number of nitrogens with zero attached hydrogens (tertiary/aromatic N) is 1. The Morgan fingerprint density at radius 1 is 1.06 bits per heavy atom. The lowest BCUT2D eigenvalue weighted by molar-refractivity contribution is -0.274. The second kappa shape index (κ2) is 7.87. The molecule has 2 aromatic carbocycles. The summed E-state index contributed by atoms with van der Waals surface area (Å²) in [5.74, 6) is -4.30. The molecule has 0 aliphatic rings. The van der Waals surface area contributed by atoms with E-state index in [4.69, 9.17) is 0 Å². The standard InChI is InChI=1S/C18H11F7N2O3S/c1-31(28,29)13-7-11(19)10(6-12(13)20)15-14(26-17(27-15)16(21)22)8-3-2-4-9(5-8)30-18(23,24)25/h2-7,16H,1H3,(H,26,27). The molecular weight excluding hydrogens is 457 g/mol. The number of imidazole rings is 1. The Hall–Kier alpha value is -3.09. The average molecular weight is 468 g/mol. The predicted molar refractivity (Wildman–Crippen MR) is 94.1 cm³/mol. The van der Waals surface area contributed by atoms with Crippen LogP contribution in [-0.2, 0) is 9.84 Å². The third kappa shape index (κ3) is 4.98. The fourth-order valence-corrected chi connectivity index (χ4v) is 3.47. The number of hydrogen-bond acceptors (Lipinski definition) is 4. The van der Waals surface area contributed by atoms with Gasteiger partial charge in [-0.05, 0) is 24.3 Å². The van der Waals surface area contributed by atoms with Gasteiger partial charge in [-0.1, -0.05) is 12.1 Å². The first-order valence-corrected chi connectivity index (χ1v) is 10.1. The number of H-pyrrole nitrogens is 1. The summed E-state index contributed by atoms with van der Waals surface area (Å²) in [7, 11) is -4.13. The zero-order chi connectivity index (χ0) is 23.1. The van der Waals surface area contributed by atoms with Crippen molar-refractivity contribution in [1.82, 2.24) is 9.97 Å². The highest BCUT2D eigenvalue weighted by atomic mass is 32.2. The van der Waals surface area contributed by atoms with Crippen molar-refractivity contribution in [3.63, 3.8) is 0 Å². The fourth-order valence-electron chi connectivity index (χ4n) is 2.74. The third-order valence-electron chi connectivity index (χ3n) is 3.96. The van der Waals surface area contributed by atoms with Gasteiger partial charge in [-0.2, -0.15) is 0 Å². The van der Waals surface area contributed by atoms with E-state index in [0.29, 0.717) is 18.4 Å². The molecule has 0 aliphatic carbocycles. The number of rotatable bonds is 5. The maximum absolute atomic E-state index is 14.6. The summed E-state index contributed by atoms with van der Waals surface area (Å²) in [6.45, 7) is 0. The molecule has 5 nitrogen and oxygen atoms in total. The number of nitrogens with one attached hydrogen (secondary N) is 1. The molecule has 31 heavy (non-hydrogen) atoms. The summed E-state index contributed by atoms with van der Waals surface area (Å²) in [6.07, 6.45) is -7.56. The largest absolute Gasteiger partial charge is 0.573 e. The quantitative estimate of drug-likeness (QED) is 0.519. The van der Waals surface area contributed by atoms with Gasteiger partial charge in [0.05, 0.1) is 11.4 Å². The molecule has 1 N–H and O–H groups in total. The van der Waals surface area contributed by atoms with Crippen molar-refractivity contribution in [2.45, 2.75) is 17.7 Å². The molecule has 3 aromatic rings. The number of ether oxygens (including phenoxy) is 1. The molecule has 0 saturated heterocycles. The lowest BCUT2D eigenvalue weighted by Crippen LogP contribution is -2.17. The molecule has 0 spiro atoms. The first-order valence-electron chi connectivity index (χ1n) is 8.20. The van der Waals surface area contributed by atoms with Gasteiger partial charge in [-0.25, -0.2) is 31.0 Å². The van der Waals surface area contributed by atoms with Gasteiger partial charge in [0.2, 0.25) is 0 Å². The van der Waals surface area contributed by atoms with Gasteiger partial charge in [-0.15, -0.1) is 13.2 Å². The number of hydrogen-bond donors (Lipinski definition) is 1. The summed E-state index contributed by atoms with van der Waals surface area (Å²) in [6, 6.07) is 4.92. The molecule has 13 heteroatoms. The first kappa shape index (κ1) is 22.6. The van der Waals surface area contributed by atoms with Crippen LogP contribution in [-0.4, -0.2) is 31.0 Å². The number of sulfone groups is 1. The highest BCUT2D eigenvalue weighted by Gasteiger charge is 2.31. The van der Waals surface area contributed by atoms with Crippen LogP contribution in [0.1, 0.15) is 12.2 Å². The van der Waals surface area contributed by atoms with E-state index >= 15 is 0 Å². The third-order valence-corrected chi connectivity index (χ3v) is 5.07. The van der Waals surface area contributed by atoms with Gasteiger partial charge in [-0.3, -0.25) is 0 Å². The van der Waals surface area contributed by atoms with Crippen LogP contribution in [0.3, 0.4) is 0 Å². The van der Waals surface area contributed by atoms with Crippen molar-refractivity contribution in [1.29, 1.82) is 0 Å². The fraction of sp³-hybridized carbons (Fsp3) is 0.167. The van der Waals surface area contributed by atoms with Crippen LogP contribution in [0.5, 0.6) is 5.75 Å². The zero-order valence-corrected chi connectivity index (χ0v) is 16.1. The van der Waals surface area contributed by atoms with Crippen molar-refractivity contribution >= 4 is 9.84 Å². The molecule has 0 amide bonds. The highest BCUT2D eigenvalue weighted by molar-refractivity contribution is 7.90. The van der Waals surface area contributed by atoms with E-state index in [-0.39, 0.29) is 11.3 Å². The Kier molecular flexibility index (Phi) is 5.74. The number of aromatic amines is 1. The topological polar surface area (TPSA) is 72.0 Å². The summed E-state index contributed by atoms with van der Waals surface area (Å²) < 4.78 is 120. The van der Waals surface area contributed by atoms with Gasteiger partial charge in [0.1, 0.15) is 22.3 Å². The van der Waals surface area contributed by atoms with Crippen LogP contribution in [0, 0.1) is 11.6 Å². The van der Waals surface area contributed by atoms with E-state index < -0.39 is 62.0 Å². The van der Waals surface area contributed by atoms with E-state index in [0.717, 1.165) is 18.2 Å². The van der Waals surface area contributed by atoms with E-state index in [9.17, 15) is 39.2 Å². The van der Waals surface area contributed by atoms with Crippen molar-refractivity contribution in [2.24, 2.45) is 0 Å². The van der Waals surface area contributed by atoms with E-state index in [1.54, 1.807) is 0 Å². The van der Waals surface area contributed by atoms with Gasteiger partial charge < -0.3 is 9.72 Å². The molecule has 0 bridgehead atoms. The van der Waals surface area contributed by atoms with Gasteiger partial charge in [0.15, 0.2) is 15.7 Å². The molecule has 0 aliphatic heterocycles. The van der Waals surface area contributed by atoms with Crippen LogP contribution < -0.4 is 4.74 Å². The Morgan fingerprint density at radius 2 is 1.74 bits per heavy atom. The van der Waals surface area contributed by atoms with Gasteiger partial charge in [0.25, 0.3) is 6.43 Å². The molecule has 3 rings (SSSR count). The van der Waals surface area contributed by atoms with Crippen molar-refractivity contribution in [3.8, 4) is 28.3 Å². The minimum atomic E-state index is -5.03. The molecule has 1 heterocycles. The van der Waals surface area contributed by atoms with Crippen LogP contribution in [0.2, 0.25) is 0 Å². The summed E-state index contributed by atoms with van der Waals surface area (Å²) in [5.41, 5.74) is -1.74. The number of alkyl halides is 5. The van der Waals surface area contributed by atoms with E-state index in [1.165, 1.54) is 6.07 Å². The van der Waals surface area contributed by atoms with E-state index in [1.807, 2.05) is 0 Å². The maximum Gasteiger partial charge on any atom is 0.573 e. The minimum absolute atomic E-state index is 0.150. The first-order chi connectivity index (χ1) is 14.3. The maximum atomic E-state index is 14.6. The Balaban J connectivity index is 2.21. The van der Waals surface area contributed by atoms with Gasteiger partial charge in [0, 0.05) is 17.4 Å². The summed E-state index contributed by atoms with van der Waals surface area (Å²) >= 11 is 0. The minimum Gasteiger partial charge on any atom is -0.406 e. The molecular formula is C18H11F7N2O3S. The lowest BCUT2D eigenvalue weighted by Gasteiger charge is -2.11. The van der Waals surface area contributed by atoms with Crippen LogP contribution in [0.25, 0.3) is 22.5 Å². The Bertz CT molecular complexity index is 1240. The summed E-state index contributed by atoms with van der Waals surface area (Å²) in [4.78, 5) is 4.74. The molecule has 0 fully saturated rings. The normalized spacial score (nSPS) is 12.4. The van der Waals surface area contributed by atoms with Crippen LogP contribution in [0.4, 0.5) is 30.7 Å². The monoisotopic (exact) mass is 468 g/mol. The predicted octanol–water partition coefficient (Wildman–Crippen LogP) is 5.26. The lowest BCUT2D eigenvalue weighted by atomic mass is 10.0. The molecule has 0 radical (unpaired) electrons. The van der Waals surface area contributed by atoms with E-state index in [2.05, 4.69) is 14.7 Å². The zero-order valence-electron chi connectivity index (χ0n) is 15.3. The molecule has 0 unspecified atom stereocenters. The molecule has 0 saturated carbocycles. The summed E-state index contributed by atoms with van der Waals surface area (Å²) in [5, 5.41) is 0. The van der Waals surface area contributed by atoms with Crippen molar-refractivity contribution in [3.05, 3.63) is 53.9 Å². The average Bonchev–Trinajstić information content (AvgIpc) is 3.06. The Labute approximate surface area is 170 Å². The number of aromatic nitrogens is 2. The number of benzene rings is 2. The van der Waals surface area contributed by atoms with Gasteiger partial charge >= 0.3 is 6.36 Å². The number of halogens is 7. The smallest absolute Gasteiger partial charge is 0.406 e. The highest BCUT2D eigenvalue weighted by Crippen LogP contribution is 2.37. The van der Waals surface area contributed by atoms with Crippen molar-refractivity contribution < 1.29 is 43.9 Å². The van der Waals surface area contributed by atoms with Crippen LogP contribution >= 0.6 is 0 Å².